The van der Waals surface area contributed by atoms with Crippen molar-refractivity contribution < 1.29 is 24.0 Å². The van der Waals surface area contributed by atoms with Crippen molar-refractivity contribution in [3.05, 3.63) is 64.2 Å². The van der Waals surface area contributed by atoms with Gasteiger partial charge in [0.2, 0.25) is 0 Å². The van der Waals surface area contributed by atoms with E-state index in [9.17, 15) is 19.7 Å². The van der Waals surface area contributed by atoms with E-state index >= 15 is 0 Å². The fourth-order valence-corrected chi connectivity index (χ4v) is 3.14. The van der Waals surface area contributed by atoms with E-state index in [0.717, 1.165) is 5.56 Å². The molecule has 2 unspecified atom stereocenters. The van der Waals surface area contributed by atoms with Gasteiger partial charge in [0.15, 0.2) is 5.75 Å². The molecule has 0 saturated carbocycles. The van der Waals surface area contributed by atoms with Gasteiger partial charge < -0.3 is 14.8 Å². The van der Waals surface area contributed by atoms with Crippen molar-refractivity contribution >= 4 is 29.0 Å². The smallest absolute Gasteiger partial charge is 0.317 e. The van der Waals surface area contributed by atoms with Crippen LogP contribution in [-0.4, -0.2) is 36.2 Å². The molecule has 1 fully saturated rings. The number of hydrogen-bond acceptors (Lipinski definition) is 8. The van der Waals surface area contributed by atoms with Crippen LogP contribution in [0.15, 0.2) is 53.6 Å². The molecule has 1 aliphatic rings. The fourth-order valence-electron chi connectivity index (χ4n) is 3.14. The molecule has 0 aromatic heterocycles. The van der Waals surface area contributed by atoms with E-state index in [0.29, 0.717) is 5.69 Å². The third kappa shape index (κ3) is 4.22. The molecule has 2 N–H and O–H groups in total. The number of carbonyl (C=O) groups excluding carboxylic acids is 2. The second-order valence-electron chi connectivity index (χ2n) is 6.34. The number of esters is 1. The number of non-ortho nitro benzene ring substituents is 1. The Morgan fingerprint density at radius 1 is 1.27 bits per heavy atom. The average Bonchev–Trinajstić information content (AvgIpc) is 3.09. The molecule has 10 heteroatoms. The van der Waals surface area contributed by atoms with Crippen LogP contribution in [-0.2, 0) is 14.3 Å². The highest BCUT2D eigenvalue weighted by molar-refractivity contribution is 6.45. The molecule has 2 aromatic carbocycles. The highest BCUT2D eigenvalue weighted by atomic mass is 16.6. The van der Waals surface area contributed by atoms with E-state index in [4.69, 9.17) is 9.47 Å². The van der Waals surface area contributed by atoms with Gasteiger partial charge in [0.25, 0.3) is 11.6 Å². The van der Waals surface area contributed by atoms with E-state index in [1.54, 1.807) is 31.2 Å². The van der Waals surface area contributed by atoms with E-state index in [2.05, 4.69) is 15.8 Å². The Kier molecular flexibility index (Phi) is 6.26. The molecule has 30 heavy (non-hydrogen) atoms. The number of rotatable bonds is 7. The number of hydrazone groups is 1. The van der Waals surface area contributed by atoms with Gasteiger partial charge in [0.1, 0.15) is 11.6 Å². The Bertz CT molecular complexity index is 992. The van der Waals surface area contributed by atoms with Crippen LogP contribution in [0, 0.1) is 16.0 Å². The molecule has 1 heterocycles. The molecular weight excluding hydrogens is 392 g/mol. The molecule has 156 valence electrons. The van der Waals surface area contributed by atoms with E-state index in [-0.39, 0.29) is 23.8 Å². The highest BCUT2D eigenvalue weighted by Crippen LogP contribution is 2.32. The molecule has 10 nitrogen and oxygen atoms in total. The zero-order valence-electron chi connectivity index (χ0n) is 16.3. The molecule has 0 spiro atoms. The third-order valence-corrected chi connectivity index (χ3v) is 4.54. The van der Waals surface area contributed by atoms with Crippen molar-refractivity contribution in [2.75, 3.05) is 19.1 Å². The van der Waals surface area contributed by atoms with Crippen molar-refractivity contribution in [2.45, 2.75) is 13.0 Å². The van der Waals surface area contributed by atoms with Gasteiger partial charge in [-0.2, -0.15) is 5.10 Å². The number of anilines is 1. The minimum atomic E-state index is -0.962. The molecule has 0 aliphatic carbocycles. The first-order valence-electron chi connectivity index (χ1n) is 9.14. The number of nitro groups is 1. The lowest BCUT2D eigenvalue weighted by Gasteiger charge is -2.17. The van der Waals surface area contributed by atoms with Gasteiger partial charge in [0, 0.05) is 6.07 Å². The number of carbonyl (C=O) groups is 2. The summed E-state index contributed by atoms with van der Waals surface area (Å²) in [6.07, 6.45) is 0. The van der Waals surface area contributed by atoms with E-state index in [1.807, 2.05) is 6.07 Å². The number of methoxy groups -OCH3 is 1. The molecule has 2 aromatic rings. The maximum absolute atomic E-state index is 12.6. The summed E-state index contributed by atoms with van der Waals surface area (Å²) in [4.78, 5) is 35.6. The quantitative estimate of drug-likeness (QED) is 0.405. The first-order valence-corrected chi connectivity index (χ1v) is 9.14. The number of benzene rings is 2. The Balaban J connectivity index is 1.94. The minimum absolute atomic E-state index is 0.0530. The Morgan fingerprint density at radius 2 is 2.00 bits per heavy atom. The van der Waals surface area contributed by atoms with E-state index < -0.39 is 28.8 Å². The van der Waals surface area contributed by atoms with Crippen LogP contribution in [0.4, 0.5) is 11.4 Å². The summed E-state index contributed by atoms with van der Waals surface area (Å²) in [6.45, 7) is 1.83. The maximum atomic E-state index is 12.6. The predicted molar refractivity (Wildman–Crippen MR) is 108 cm³/mol. The average molecular weight is 412 g/mol. The van der Waals surface area contributed by atoms with Crippen molar-refractivity contribution in [3.63, 3.8) is 0 Å². The summed E-state index contributed by atoms with van der Waals surface area (Å²) in [5.74, 6) is -1.90. The summed E-state index contributed by atoms with van der Waals surface area (Å²) >= 11 is 0. The number of nitrogens with one attached hydrogen (secondary N) is 2. The lowest BCUT2D eigenvalue weighted by molar-refractivity contribution is -0.384. The van der Waals surface area contributed by atoms with Crippen LogP contribution in [0.5, 0.6) is 5.75 Å². The monoisotopic (exact) mass is 412 g/mol. The van der Waals surface area contributed by atoms with Crippen LogP contribution >= 0.6 is 0 Å². The van der Waals surface area contributed by atoms with Crippen LogP contribution in [0.1, 0.15) is 18.5 Å². The molecule has 0 bridgehead atoms. The number of amides is 1. The van der Waals surface area contributed by atoms with Crippen molar-refractivity contribution in [1.29, 1.82) is 0 Å². The molecule has 0 radical (unpaired) electrons. The largest absolute Gasteiger partial charge is 0.494 e. The summed E-state index contributed by atoms with van der Waals surface area (Å²) in [7, 11) is 1.35. The van der Waals surface area contributed by atoms with Crippen LogP contribution in [0.2, 0.25) is 0 Å². The fraction of sp³-hybridized carbons (Fsp3) is 0.250. The summed E-state index contributed by atoms with van der Waals surface area (Å²) in [5, 5.41) is 17.8. The van der Waals surface area contributed by atoms with Gasteiger partial charge in [0.05, 0.1) is 36.4 Å². The molecule has 1 aliphatic heterocycles. The normalized spacial score (nSPS) is 19.3. The number of ether oxygens (including phenoxy) is 2. The number of nitro benzene ring substituents is 1. The number of hydrogen-bond donors (Lipinski definition) is 2. The second kappa shape index (κ2) is 9.03. The molecule has 3 rings (SSSR count). The Labute approximate surface area is 172 Å². The molecule has 2 atom stereocenters. The maximum Gasteiger partial charge on any atom is 0.317 e. The Morgan fingerprint density at radius 3 is 2.63 bits per heavy atom. The molecule has 1 saturated heterocycles. The van der Waals surface area contributed by atoms with E-state index in [1.165, 1.54) is 25.3 Å². The third-order valence-electron chi connectivity index (χ3n) is 4.54. The lowest BCUT2D eigenvalue weighted by Crippen LogP contribution is -2.29. The first-order chi connectivity index (χ1) is 14.5. The van der Waals surface area contributed by atoms with Crippen molar-refractivity contribution in [3.8, 4) is 5.75 Å². The van der Waals surface area contributed by atoms with Crippen molar-refractivity contribution in [2.24, 2.45) is 11.0 Å². The van der Waals surface area contributed by atoms with Crippen molar-refractivity contribution in [1.82, 2.24) is 5.32 Å². The lowest BCUT2D eigenvalue weighted by atomic mass is 9.93. The molecular formula is C20H20N4O6. The van der Waals surface area contributed by atoms with Gasteiger partial charge in [-0.15, -0.1) is 0 Å². The zero-order valence-corrected chi connectivity index (χ0v) is 16.3. The minimum Gasteiger partial charge on any atom is -0.494 e. The predicted octanol–water partition coefficient (Wildman–Crippen LogP) is 2.42. The van der Waals surface area contributed by atoms with Crippen LogP contribution < -0.4 is 15.5 Å². The number of nitrogens with zero attached hydrogens (tertiary/aromatic N) is 2. The summed E-state index contributed by atoms with van der Waals surface area (Å²) in [6, 6.07) is 12.3. The SMILES string of the molecule is CCOC(=O)C1C(=NNc2ccc([N+](=O)[O-])cc2OC)C(=O)NC1c1ccccc1. The van der Waals surface area contributed by atoms with Crippen LogP contribution in [0.25, 0.3) is 0 Å². The van der Waals surface area contributed by atoms with Gasteiger partial charge in [-0.3, -0.25) is 25.1 Å². The topological polar surface area (TPSA) is 132 Å². The Hall–Kier alpha value is -3.95. The van der Waals surface area contributed by atoms with Gasteiger partial charge in [-0.1, -0.05) is 30.3 Å². The summed E-state index contributed by atoms with van der Waals surface area (Å²) in [5.41, 5.74) is 3.50. The van der Waals surface area contributed by atoms with Gasteiger partial charge >= 0.3 is 5.97 Å². The molecule has 1 amide bonds. The summed E-state index contributed by atoms with van der Waals surface area (Å²) < 4.78 is 10.3. The second-order valence-corrected chi connectivity index (χ2v) is 6.34. The highest BCUT2D eigenvalue weighted by Gasteiger charge is 2.45. The standard InChI is InChI=1S/C20H20N4O6/c1-3-30-20(26)16-17(12-7-5-4-6-8-12)21-19(25)18(16)23-22-14-10-9-13(24(27)28)11-15(14)29-2/h4-11,16-17,22H,3H2,1-2H3,(H,21,25). The zero-order chi connectivity index (χ0) is 21.7. The first kappa shape index (κ1) is 20.8. The van der Waals surface area contributed by atoms with Gasteiger partial charge in [-0.25, -0.2) is 0 Å². The van der Waals surface area contributed by atoms with Gasteiger partial charge in [-0.05, 0) is 18.6 Å². The van der Waals surface area contributed by atoms with Crippen LogP contribution in [0.3, 0.4) is 0 Å².